The molecule has 1 fully saturated rings. The first-order valence-corrected chi connectivity index (χ1v) is 4.76. The summed E-state index contributed by atoms with van der Waals surface area (Å²) in [5, 5.41) is 7.04. The Hall–Kier alpha value is -1.06. The Balaban J connectivity index is 2.04. The Kier molecular flexibility index (Phi) is 1.98. The van der Waals surface area contributed by atoms with Crippen molar-refractivity contribution in [3.63, 3.8) is 0 Å². The predicted octanol–water partition coefficient (Wildman–Crippen LogP) is 2.12. The summed E-state index contributed by atoms with van der Waals surface area (Å²) < 4.78 is 5.02. The molecule has 1 N–H and O–H groups in total. The quantitative estimate of drug-likeness (QED) is 0.759. The van der Waals surface area contributed by atoms with Crippen molar-refractivity contribution in [3.8, 4) is 0 Å². The summed E-state index contributed by atoms with van der Waals surface area (Å²) in [5.74, 6) is 0.684. The fraction of sp³-hybridized carbons (Fsp3) is 0.778. The van der Waals surface area contributed by atoms with Gasteiger partial charge in [-0.2, -0.15) is 4.98 Å². The summed E-state index contributed by atoms with van der Waals surface area (Å²) in [6.45, 7) is 4.03. The molecular formula is C9H15N3O. The minimum absolute atomic E-state index is 0.166. The van der Waals surface area contributed by atoms with Crippen LogP contribution in [0.3, 0.4) is 0 Å². The molecule has 1 aliphatic carbocycles. The van der Waals surface area contributed by atoms with E-state index >= 15 is 0 Å². The van der Waals surface area contributed by atoms with Gasteiger partial charge >= 0.3 is 6.01 Å². The molecular weight excluding hydrogens is 166 g/mol. The van der Waals surface area contributed by atoms with E-state index in [1.54, 1.807) is 0 Å². The summed E-state index contributed by atoms with van der Waals surface area (Å²) >= 11 is 0. The maximum absolute atomic E-state index is 5.02. The molecule has 0 radical (unpaired) electrons. The van der Waals surface area contributed by atoms with E-state index in [2.05, 4.69) is 22.4 Å². The van der Waals surface area contributed by atoms with Crippen LogP contribution in [0, 0.1) is 6.92 Å². The lowest BCUT2D eigenvalue weighted by Gasteiger charge is -2.23. The van der Waals surface area contributed by atoms with Crippen LogP contribution in [-0.4, -0.2) is 15.7 Å². The van der Waals surface area contributed by atoms with Crippen molar-refractivity contribution >= 4 is 6.01 Å². The summed E-state index contributed by atoms with van der Waals surface area (Å²) in [5.41, 5.74) is 0.166. The molecule has 0 saturated heterocycles. The summed E-state index contributed by atoms with van der Waals surface area (Å²) in [7, 11) is 0. The van der Waals surface area contributed by atoms with E-state index in [4.69, 9.17) is 4.52 Å². The Morgan fingerprint density at radius 2 is 2.08 bits per heavy atom. The molecule has 0 bridgehead atoms. The number of aryl methyl sites for hydroxylation is 1. The number of anilines is 1. The molecule has 1 heterocycles. The Morgan fingerprint density at radius 3 is 2.62 bits per heavy atom. The molecule has 4 nitrogen and oxygen atoms in total. The minimum Gasteiger partial charge on any atom is -0.333 e. The van der Waals surface area contributed by atoms with Crippen LogP contribution in [0.25, 0.3) is 0 Å². The molecule has 0 unspecified atom stereocenters. The third-order valence-electron chi connectivity index (χ3n) is 2.64. The van der Waals surface area contributed by atoms with Gasteiger partial charge < -0.3 is 9.84 Å². The van der Waals surface area contributed by atoms with E-state index in [-0.39, 0.29) is 5.54 Å². The smallest absolute Gasteiger partial charge is 0.321 e. The zero-order chi connectivity index (χ0) is 9.31. The van der Waals surface area contributed by atoms with Crippen LogP contribution in [0.4, 0.5) is 6.01 Å². The Morgan fingerprint density at radius 1 is 1.38 bits per heavy atom. The first-order chi connectivity index (χ1) is 6.18. The first kappa shape index (κ1) is 8.53. The second-order valence-corrected chi connectivity index (χ2v) is 4.04. The highest BCUT2D eigenvalue weighted by molar-refractivity contribution is 5.24. The van der Waals surface area contributed by atoms with Gasteiger partial charge in [-0.05, 0) is 26.7 Å². The molecule has 1 aromatic heterocycles. The van der Waals surface area contributed by atoms with Crippen molar-refractivity contribution in [2.24, 2.45) is 0 Å². The van der Waals surface area contributed by atoms with Crippen molar-refractivity contribution in [1.82, 2.24) is 10.1 Å². The van der Waals surface area contributed by atoms with E-state index in [1.807, 2.05) is 6.92 Å². The number of aromatic nitrogens is 2. The van der Waals surface area contributed by atoms with Gasteiger partial charge in [-0.15, -0.1) is 0 Å². The molecule has 4 heteroatoms. The van der Waals surface area contributed by atoms with E-state index in [9.17, 15) is 0 Å². The van der Waals surface area contributed by atoms with Gasteiger partial charge in [0.05, 0.1) is 0 Å². The molecule has 1 aliphatic rings. The lowest BCUT2D eigenvalue weighted by Crippen LogP contribution is -2.30. The van der Waals surface area contributed by atoms with Crippen LogP contribution in [0.1, 0.15) is 38.4 Å². The lowest BCUT2D eigenvalue weighted by atomic mass is 10.0. The molecule has 13 heavy (non-hydrogen) atoms. The largest absolute Gasteiger partial charge is 0.333 e. The molecule has 72 valence electrons. The molecule has 1 saturated carbocycles. The predicted molar refractivity (Wildman–Crippen MR) is 49.5 cm³/mol. The molecule has 0 atom stereocenters. The topological polar surface area (TPSA) is 51.0 Å². The third-order valence-corrected chi connectivity index (χ3v) is 2.64. The van der Waals surface area contributed by atoms with Crippen LogP contribution >= 0.6 is 0 Å². The van der Waals surface area contributed by atoms with Crippen LogP contribution in [0.5, 0.6) is 0 Å². The van der Waals surface area contributed by atoms with Crippen LogP contribution in [-0.2, 0) is 0 Å². The molecule has 0 aliphatic heterocycles. The third kappa shape index (κ3) is 1.82. The monoisotopic (exact) mass is 181 g/mol. The van der Waals surface area contributed by atoms with E-state index in [0.717, 1.165) is 0 Å². The van der Waals surface area contributed by atoms with E-state index in [1.165, 1.54) is 25.7 Å². The van der Waals surface area contributed by atoms with Gasteiger partial charge in [0.2, 0.25) is 0 Å². The zero-order valence-corrected chi connectivity index (χ0v) is 8.13. The van der Waals surface area contributed by atoms with Crippen LogP contribution < -0.4 is 5.32 Å². The molecule has 1 aromatic rings. The van der Waals surface area contributed by atoms with Gasteiger partial charge in [-0.25, -0.2) is 0 Å². The second-order valence-electron chi connectivity index (χ2n) is 4.04. The lowest BCUT2D eigenvalue weighted by molar-refractivity contribution is 0.406. The second kappa shape index (κ2) is 3.01. The van der Waals surface area contributed by atoms with Crippen molar-refractivity contribution in [2.75, 3.05) is 5.32 Å². The minimum atomic E-state index is 0.166. The number of hydrogen-bond donors (Lipinski definition) is 1. The van der Waals surface area contributed by atoms with Crippen LogP contribution in [0.15, 0.2) is 4.52 Å². The Bertz CT molecular complexity index is 289. The van der Waals surface area contributed by atoms with Gasteiger partial charge in [0.25, 0.3) is 0 Å². The average Bonchev–Trinajstić information content (AvgIpc) is 2.62. The van der Waals surface area contributed by atoms with Crippen molar-refractivity contribution in [1.29, 1.82) is 0 Å². The van der Waals surface area contributed by atoms with Gasteiger partial charge in [0.1, 0.15) is 0 Å². The summed E-state index contributed by atoms with van der Waals surface area (Å²) in [6.07, 6.45) is 4.95. The molecule has 2 rings (SSSR count). The molecule has 0 amide bonds. The standard InChI is InChI=1S/C9H15N3O/c1-7-10-8(13-12-7)11-9(2)5-3-4-6-9/h3-6H2,1-2H3,(H,10,11,12). The fourth-order valence-corrected chi connectivity index (χ4v) is 1.89. The van der Waals surface area contributed by atoms with Crippen LogP contribution in [0.2, 0.25) is 0 Å². The van der Waals surface area contributed by atoms with Gasteiger partial charge in [0, 0.05) is 5.54 Å². The Labute approximate surface area is 77.7 Å². The number of nitrogens with zero attached hydrogens (tertiary/aromatic N) is 2. The molecule has 0 aromatic carbocycles. The first-order valence-electron chi connectivity index (χ1n) is 4.76. The fourth-order valence-electron chi connectivity index (χ4n) is 1.89. The van der Waals surface area contributed by atoms with E-state index in [0.29, 0.717) is 11.8 Å². The normalized spacial score (nSPS) is 20.5. The SMILES string of the molecule is Cc1noc(NC2(C)CCCC2)n1. The summed E-state index contributed by atoms with van der Waals surface area (Å²) in [6, 6.07) is 0.557. The number of hydrogen-bond acceptors (Lipinski definition) is 4. The average molecular weight is 181 g/mol. The maximum atomic E-state index is 5.02. The highest BCUT2D eigenvalue weighted by Crippen LogP contribution is 2.31. The highest BCUT2D eigenvalue weighted by atomic mass is 16.5. The molecule has 0 spiro atoms. The van der Waals surface area contributed by atoms with E-state index < -0.39 is 0 Å². The van der Waals surface area contributed by atoms with Gasteiger partial charge in [-0.3, -0.25) is 0 Å². The van der Waals surface area contributed by atoms with Gasteiger partial charge in [-0.1, -0.05) is 18.0 Å². The number of nitrogens with one attached hydrogen (secondary N) is 1. The van der Waals surface area contributed by atoms with Crippen molar-refractivity contribution in [2.45, 2.75) is 45.1 Å². The summed E-state index contributed by atoms with van der Waals surface area (Å²) in [4.78, 5) is 4.13. The number of rotatable bonds is 2. The van der Waals surface area contributed by atoms with Gasteiger partial charge in [0.15, 0.2) is 5.82 Å². The van der Waals surface area contributed by atoms with Crippen molar-refractivity contribution in [3.05, 3.63) is 5.82 Å². The maximum Gasteiger partial charge on any atom is 0.321 e. The highest BCUT2D eigenvalue weighted by Gasteiger charge is 2.29. The van der Waals surface area contributed by atoms with Crippen molar-refractivity contribution < 1.29 is 4.52 Å². The zero-order valence-electron chi connectivity index (χ0n) is 8.13.